The molecule has 3 rings (SSSR count). The van der Waals surface area contributed by atoms with Gasteiger partial charge in [-0.2, -0.15) is 0 Å². The van der Waals surface area contributed by atoms with Gasteiger partial charge in [0.15, 0.2) is 11.6 Å². The van der Waals surface area contributed by atoms with Crippen LogP contribution in [0.2, 0.25) is 0 Å². The summed E-state index contributed by atoms with van der Waals surface area (Å²) in [6.07, 6.45) is 0. The fourth-order valence-corrected chi connectivity index (χ4v) is 3.68. The number of nitrogen functional groups attached to an aromatic ring is 1. The van der Waals surface area contributed by atoms with Gasteiger partial charge < -0.3 is 5.73 Å². The van der Waals surface area contributed by atoms with Crippen LogP contribution < -0.4 is 10.5 Å². The molecule has 0 atom stereocenters. The minimum Gasteiger partial charge on any atom is -0.398 e. The summed E-state index contributed by atoms with van der Waals surface area (Å²) >= 11 is 0. The van der Waals surface area contributed by atoms with Gasteiger partial charge >= 0.3 is 0 Å². The predicted octanol–water partition coefficient (Wildman–Crippen LogP) is 3.18. The summed E-state index contributed by atoms with van der Waals surface area (Å²) in [5.41, 5.74) is 6.67. The van der Waals surface area contributed by atoms with Gasteiger partial charge in [0.2, 0.25) is 10.0 Å². The number of fused-ring (bicyclic) bond motifs is 1. The van der Waals surface area contributed by atoms with Crippen molar-refractivity contribution in [3.05, 3.63) is 71.8 Å². The van der Waals surface area contributed by atoms with E-state index in [2.05, 4.69) is 4.72 Å². The van der Waals surface area contributed by atoms with Gasteiger partial charge in [-0.05, 0) is 29.8 Å². The molecule has 0 fully saturated rings. The lowest BCUT2D eigenvalue weighted by atomic mass is 10.1. The Labute approximate surface area is 138 Å². The number of halogens is 2. The fraction of sp³-hybridized carbons (Fsp3) is 0.0588. The maximum Gasteiger partial charge on any atom is 0.241 e. The second-order valence-electron chi connectivity index (χ2n) is 5.27. The highest BCUT2D eigenvalue weighted by atomic mass is 32.2. The second kappa shape index (κ2) is 6.18. The molecule has 4 nitrogen and oxygen atoms in total. The molecule has 7 heteroatoms. The number of nitrogens with one attached hydrogen (secondary N) is 1. The molecule has 3 aromatic rings. The smallest absolute Gasteiger partial charge is 0.241 e. The molecule has 0 aliphatic rings. The SMILES string of the molecule is Nc1cccc2c(S(=O)(=O)NCc3ccc(F)c(F)c3)cccc12. The van der Waals surface area contributed by atoms with Crippen molar-refractivity contribution >= 4 is 26.5 Å². The van der Waals surface area contributed by atoms with Gasteiger partial charge in [-0.15, -0.1) is 0 Å². The first-order valence-corrected chi connectivity index (χ1v) is 8.57. The van der Waals surface area contributed by atoms with E-state index in [0.29, 0.717) is 22.0 Å². The van der Waals surface area contributed by atoms with Crippen molar-refractivity contribution in [3.8, 4) is 0 Å². The second-order valence-corrected chi connectivity index (χ2v) is 7.01. The Kier molecular flexibility index (Phi) is 4.21. The van der Waals surface area contributed by atoms with Crippen molar-refractivity contribution in [1.82, 2.24) is 4.72 Å². The van der Waals surface area contributed by atoms with E-state index in [4.69, 9.17) is 5.73 Å². The lowest BCUT2D eigenvalue weighted by Crippen LogP contribution is -2.23. The van der Waals surface area contributed by atoms with Crippen LogP contribution in [0.4, 0.5) is 14.5 Å². The molecule has 0 radical (unpaired) electrons. The fourth-order valence-electron chi connectivity index (χ4n) is 2.45. The normalized spacial score (nSPS) is 11.8. The van der Waals surface area contributed by atoms with Crippen molar-refractivity contribution in [2.24, 2.45) is 0 Å². The highest BCUT2D eigenvalue weighted by Gasteiger charge is 2.17. The molecule has 3 aromatic carbocycles. The van der Waals surface area contributed by atoms with E-state index in [-0.39, 0.29) is 11.4 Å². The Hall–Kier alpha value is -2.51. The molecular formula is C17H14F2N2O2S. The zero-order chi connectivity index (χ0) is 17.3. The zero-order valence-corrected chi connectivity index (χ0v) is 13.3. The molecule has 0 heterocycles. The van der Waals surface area contributed by atoms with Crippen LogP contribution in [0.25, 0.3) is 10.8 Å². The Morgan fingerprint density at radius 1 is 0.917 bits per heavy atom. The summed E-state index contributed by atoms with van der Waals surface area (Å²) in [5, 5.41) is 1.13. The summed E-state index contributed by atoms with van der Waals surface area (Å²) in [5.74, 6) is -2.00. The number of sulfonamides is 1. The summed E-state index contributed by atoms with van der Waals surface area (Å²) in [4.78, 5) is 0.0786. The predicted molar refractivity (Wildman–Crippen MR) is 88.7 cm³/mol. The van der Waals surface area contributed by atoms with Gasteiger partial charge in [-0.1, -0.05) is 30.3 Å². The number of hydrogen-bond acceptors (Lipinski definition) is 3. The van der Waals surface area contributed by atoms with Crippen molar-refractivity contribution in [3.63, 3.8) is 0 Å². The third kappa shape index (κ3) is 3.08. The molecule has 0 saturated heterocycles. The molecule has 0 unspecified atom stereocenters. The zero-order valence-electron chi connectivity index (χ0n) is 12.5. The van der Waals surface area contributed by atoms with Gasteiger partial charge in [0.25, 0.3) is 0 Å². The van der Waals surface area contributed by atoms with Gasteiger partial charge in [0, 0.05) is 23.0 Å². The highest BCUT2D eigenvalue weighted by molar-refractivity contribution is 7.89. The van der Waals surface area contributed by atoms with E-state index in [1.165, 1.54) is 12.1 Å². The molecule has 0 saturated carbocycles. The first-order valence-electron chi connectivity index (χ1n) is 7.09. The number of nitrogens with two attached hydrogens (primary N) is 1. The molecule has 124 valence electrons. The van der Waals surface area contributed by atoms with Crippen LogP contribution in [0.3, 0.4) is 0 Å². The van der Waals surface area contributed by atoms with Crippen molar-refractivity contribution < 1.29 is 17.2 Å². The standard InChI is InChI=1S/C17H14F2N2O2S/c18-14-8-7-11(9-15(14)19)10-21-24(22,23)17-6-2-3-12-13(17)4-1-5-16(12)20/h1-9,21H,10,20H2. The lowest BCUT2D eigenvalue weighted by molar-refractivity contribution is 0.506. The van der Waals surface area contributed by atoms with E-state index in [9.17, 15) is 17.2 Å². The Morgan fingerprint density at radius 2 is 1.62 bits per heavy atom. The van der Waals surface area contributed by atoms with E-state index in [1.807, 2.05) is 0 Å². The van der Waals surface area contributed by atoms with Gasteiger partial charge in [-0.25, -0.2) is 21.9 Å². The van der Waals surface area contributed by atoms with Crippen LogP contribution in [0.15, 0.2) is 59.5 Å². The monoisotopic (exact) mass is 348 g/mol. The quantitative estimate of drug-likeness (QED) is 0.711. The molecule has 0 aliphatic heterocycles. The van der Waals surface area contributed by atoms with E-state index in [1.54, 1.807) is 30.3 Å². The van der Waals surface area contributed by atoms with E-state index in [0.717, 1.165) is 12.1 Å². The van der Waals surface area contributed by atoms with Crippen LogP contribution in [0.1, 0.15) is 5.56 Å². The highest BCUT2D eigenvalue weighted by Crippen LogP contribution is 2.27. The average Bonchev–Trinajstić information content (AvgIpc) is 2.56. The summed E-state index contributed by atoms with van der Waals surface area (Å²) in [6, 6.07) is 13.1. The number of rotatable bonds is 4. The molecule has 0 spiro atoms. The van der Waals surface area contributed by atoms with Gasteiger partial charge in [0.05, 0.1) is 4.90 Å². The number of anilines is 1. The molecule has 0 aliphatic carbocycles. The third-order valence-corrected chi connectivity index (χ3v) is 5.12. The maximum absolute atomic E-state index is 13.2. The minimum atomic E-state index is -3.85. The van der Waals surface area contributed by atoms with E-state index < -0.39 is 21.7 Å². The molecule has 3 N–H and O–H groups in total. The van der Waals surface area contributed by atoms with E-state index >= 15 is 0 Å². The van der Waals surface area contributed by atoms with Gasteiger partial charge in [0.1, 0.15) is 0 Å². The third-order valence-electron chi connectivity index (χ3n) is 3.66. The van der Waals surface area contributed by atoms with Crippen LogP contribution in [0, 0.1) is 11.6 Å². The van der Waals surface area contributed by atoms with Crippen LogP contribution >= 0.6 is 0 Å². The summed E-state index contributed by atoms with van der Waals surface area (Å²) in [6.45, 7) is -0.155. The van der Waals surface area contributed by atoms with Gasteiger partial charge in [-0.3, -0.25) is 0 Å². The maximum atomic E-state index is 13.2. The first kappa shape index (κ1) is 16.4. The number of hydrogen-bond donors (Lipinski definition) is 2. The summed E-state index contributed by atoms with van der Waals surface area (Å²) in [7, 11) is -3.85. The van der Waals surface area contributed by atoms with Crippen LogP contribution in [0.5, 0.6) is 0 Å². The Bertz CT molecular complexity index is 1020. The summed E-state index contributed by atoms with van der Waals surface area (Å²) < 4.78 is 53.7. The Morgan fingerprint density at radius 3 is 2.38 bits per heavy atom. The minimum absolute atomic E-state index is 0.0786. The first-order chi connectivity index (χ1) is 11.4. The topological polar surface area (TPSA) is 72.2 Å². The Balaban J connectivity index is 1.94. The molecule has 0 bridgehead atoms. The molecule has 24 heavy (non-hydrogen) atoms. The van der Waals surface area contributed by atoms with Crippen LogP contribution in [-0.2, 0) is 16.6 Å². The molecule has 0 amide bonds. The largest absolute Gasteiger partial charge is 0.398 e. The van der Waals surface area contributed by atoms with Crippen molar-refractivity contribution in [2.75, 3.05) is 5.73 Å². The molecular weight excluding hydrogens is 334 g/mol. The van der Waals surface area contributed by atoms with Crippen molar-refractivity contribution in [2.45, 2.75) is 11.4 Å². The van der Waals surface area contributed by atoms with Crippen LogP contribution in [-0.4, -0.2) is 8.42 Å². The average molecular weight is 348 g/mol. The molecule has 0 aromatic heterocycles. The number of benzene rings is 3. The lowest BCUT2D eigenvalue weighted by Gasteiger charge is -2.11. The van der Waals surface area contributed by atoms with Crippen molar-refractivity contribution in [1.29, 1.82) is 0 Å².